The molecule has 0 unspecified atom stereocenters. The van der Waals surface area contributed by atoms with E-state index in [1.165, 1.54) is 49.7 Å². The Labute approximate surface area is 135 Å². The van der Waals surface area contributed by atoms with Crippen molar-refractivity contribution in [1.29, 1.82) is 0 Å². The fraction of sp³-hybridized carbons (Fsp3) is 0.429. The summed E-state index contributed by atoms with van der Waals surface area (Å²) in [7, 11) is 0. The average Bonchev–Trinajstić information content (AvgIpc) is 2.58. The Hall–Kier alpha value is -1.60. The maximum atomic E-state index is 4.64. The van der Waals surface area contributed by atoms with E-state index >= 15 is 0 Å². The summed E-state index contributed by atoms with van der Waals surface area (Å²) < 4.78 is 0. The van der Waals surface area contributed by atoms with Gasteiger partial charge in [-0.1, -0.05) is 73.5 Å². The van der Waals surface area contributed by atoms with Crippen molar-refractivity contribution in [3.05, 3.63) is 71.8 Å². The van der Waals surface area contributed by atoms with Gasteiger partial charge in [-0.2, -0.15) is 0 Å². The molecule has 0 atom stereocenters. The normalized spacial score (nSPS) is 10.7. The Kier molecular flexibility index (Phi) is 8.41. The van der Waals surface area contributed by atoms with Gasteiger partial charge in [0, 0.05) is 13.1 Å². The molecule has 0 saturated heterocycles. The summed E-state index contributed by atoms with van der Waals surface area (Å²) in [5, 5.41) is 4.64. The SMILES string of the molecule is c1ccc(CCCCCC[N]CCCc2ccccc2)cc1. The van der Waals surface area contributed by atoms with Gasteiger partial charge in [0.05, 0.1) is 0 Å². The molecule has 0 aliphatic carbocycles. The highest BCUT2D eigenvalue weighted by Gasteiger charge is 1.95. The van der Waals surface area contributed by atoms with Crippen molar-refractivity contribution in [3.63, 3.8) is 0 Å². The van der Waals surface area contributed by atoms with Gasteiger partial charge in [0.1, 0.15) is 0 Å². The highest BCUT2D eigenvalue weighted by molar-refractivity contribution is 5.15. The summed E-state index contributed by atoms with van der Waals surface area (Å²) in [6.45, 7) is 2.05. The van der Waals surface area contributed by atoms with Crippen LogP contribution in [0.15, 0.2) is 60.7 Å². The van der Waals surface area contributed by atoms with E-state index < -0.39 is 0 Å². The Morgan fingerprint density at radius 1 is 0.500 bits per heavy atom. The molecule has 2 rings (SSSR count). The average molecular weight is 294 g/mol. The quantitative estimate of drug-likeness (QED) is 0.516. The first-order chi connectivity index (χ1) is 10.9. The molecule has 0 amide bonds. The molecule has 0 N–H and O–H groups in total. The van der Waals surface area contributed by atoms with Gasteiger partial charge >= 0.3 is 0 Å². The van der Waals surface area contributed by atoms with Gasteiger partial charge in [-0.05, 0) is 43.2 Å². The first-order valence-corrected chi connectivity index (χ1v) is 8.66. The number of aryl methyl sites for hydroxylation is 2. The van der Waals surface area contributed by atoms with E-state index in [2.05, 4.69) is 66.0 Å². The van der Waals surface area contributed by atoms with Crippen LogP contribution in [0.3, 0.4) is 0 Å². The topological polar surface area (TPSA) is 14.1 Å². The van der Waals surface area contributed by atoms with Crippen molar-refractivity contribution >= 4 is 0 Å². The van der Waals surface area contributed by atoms with E-state index in [1.54, 1.807) is 0 Å². The van der Waals surface area contributed by atoms with Gasteiger partial charge in [0.15, 0.2) is 0 Å². The van der Waals surface area contributed by atoms with Crippen LogP contribution < -0.4 is 5.32 Å². The van der Waals surface area contributed by atoms with Crippen LogP contribution in [0, 0.1) is 0 Å². The third-order valence-electron chi connectivity index (χ3n) is 4.00. The van der Waals surface area contributed by atoms with Gasteiger partial charge in [-0.25, -0.2) is 5.32 Å². The molecule has 1 radical (unpaired) electrons. The molecule has 2 aromatic rings. The number of benzene rings is 2. The van der Waals surface area contributed by atoms with Crippen LogP contribution >= 0.6 is 0 Å². The summed E-state index contributed by atoms with van der Waals surface area (Å²) in [6.07, 6.45) is 8.75. The second-order valence-corrected chi connectivity index (χ2v) is 5.91. The van der Waals surface area contributed by atoms with Crippen molar-refractivity contribution in [1.82, 2.24) is 5.32 Å². The predicted molar refractivity (Wildman–Crippen MR) is 95.2 cm³/mol. The minimum absolute atomic E-state index is 1.01. The summed E-state index contributed by atoms with van der Waals surface area (Å²) in [6, 6.07) is 21.5. The minimum atomic E-state index is 1.01. The van der Waals surface area contributed by atoms with Crippen LogP contribution in [0.25, 0.3) is 0 Å². The van der Waals surface area contributed by atoms with E-state index in [9.17, 15) is 0 Å². The highest BCUT2D eigenvalue weighted by atomic mass is 14.8. The first-order valence-electron chi connectivity index (χ1n) is 8.66. The van der Waals surface area contributed by atoms with Crippen LogP contribution in [0.5, 0.6) is 0 Å². The molecule has 1 heteroatoms. The Morgan fingerprint density at radius 3 is 1.64 bits per heavy atom. The van der Waals surface area contributed by atoms with E-state index in [-0.39, 0.29) is 0 Å². The Morgan fingerprint density at radius 2 is 1.00 bits per heavy atom. The number of unbranched alkanes of at least 4 members (excludes halogenated alkanes) is 3. The lowest BCUT2D eigenvalue weighted by atomic mass is 10.1. The van der Waals surface area contributed by atoms with Crippen molar-refractivity contribution in [2.24, 2.45) is 0 Å². The molecular formula is C21H28N. The molecule has 2 aromatic carbocycles. The fourth-order valence-corrected chi connectivity index (χ4v) is 2.70. The summed E-state index contributed by atoms with van der Waals surface area (Å²) in [5.74, 6) is 0. The number of nitrogens with zero attached hydrogens (tertiary/aromatic N) is 1. The number of hydrogen-bond donors (Lipinski definition) is 0. The van der Waals surface area contributed by atoms with Crippen molar-refractivity contribution in [3.8, 4) is 0 Å². The van der Waals surface area contributed by atoms with Crippen LogP contribution in [0.2, 0.25) is 0 Å². The van der Waals surface area contributed by atoms with Crippen LogP contribution in [-0.4, -0.2) is 13.1 Å². The zero-order valence-electron chi connectivity index (χ0n) is 13.6. The van der Waals surface area contributed by atoms with Crippen molar-refractivity contribution in [2.75, 3.05) is 13.1 Å². The molecule has 22 heavy (non-hydrogen) atoms. The van der Waals surface area contributed by atoms with Crippen LogP contribution in [0.4, 0.5) is 0 Å². The fourth-order valence-electron chi connectivity index (χ4n) is 2.70. The highest BCUT2D eigenvalue weighted by Crippen LogP contribution is 2.07. The van der Waals surface area contributed by atoms with Crippen molar-refractivity contribution in [2.45, 2.75) is 44.9 Å². The van der Waals surface area contributed by atoms with E-state index in [1.807, 2.05) is 0 Å². The van der Waals surface area contributed by atoms with E-state index in [4.69, 9.17) is 0 Å². The molecule has 0 bridgehead atoms. The summed E-state index contributed by atoms with van der Waals surface area (Å²) >= 11 is 0. The smallest absolute Gasteiger partial charge is 0.0136 e. The maximum Gasteiger partial charge on any atom is 0.0136 e. The molecule has 117 valence electrons. The molecule has 0 spiro atoms. The Bertz CT molecular complexity index is 430. The molecule has 1 nitrogen and oxygen atoms in total. The Balaban J connectivity index is 1.37. The first kappa shape index (κ1) is 16.8. The number of rotatable bonds is 11. The van der Waals surface area contributed by atoms with Crippen molar-refractivity contribution < 1.29 is 0 Å². The lowest BCUT2D eigenvalue weighted by Gasteiger charge is -2.04. The molecule has 0 heterocycles. The second kappa shape index (κ2) is 11.0. The molecule has 0 aliphatic heterocycles. The molecule has 0 fully saturated rings. The van der Waals surface area contributed by atoms with E-state index in [0.29, 0.717) is 0 Å². The van der Waals surface area contributed by atoms with E-state index in [0.717, 1.165) is 19.5 Å². The van der Waals surface area contributed by atoms with Crippen LogP contribution in [-0.2, 0) is 12.8 Å². The zero-order valence-corrected chi connectivity index (χ0v) is 13.6. The molecule has 0 saturated carbocycles. The zero-order chi connectivity index (χ0) is 15.3. The van der Waals surface area contributed by atoms with Gasteiger partial charge in [-0.15, -0.1) is 0 Å². The largest absolute Gasteiger partial charge is 0.242 e. The lowest BCUT2D eigenvalue weighted by molar-refractivity contribution is 0.570. The standard InChI is InChI=1S/C21H28N/c1(5-12-20-13-6-3-7-14-20)2-10-18-22-19-11-17-21-15-8-4-9-16-21/h3-4,6-9,13-16H,1-2,5,10-12,17-19H2. The minimum Gasteiger partial charge on any atom is -0.242 e. The third kappa shape index (κ3) is 7.42. The number of hydrogen-bond acceptors (Lipinski definition) is 0. The molecular weight excluding hydrogens is 266 g/mol. The second-order valence-electron chi connectivity index (χ2n) is 5.91. The monoisotopic (exact) mass is 294 g/mol. The maximum absolute atomic E-state index is 4.64. The molecule has 0 aliphatic rings. The van der Waals surface area contributed by atoms with Gasteiger partial charge < -0.3 is 0 Å². The van der Waals surface area contributed by atoms with Gasteiger partial charge in [-0.3, -0.25) is 0 Å². The third-order valence-corrected chi connectivity index (χ3v) is 4.00. The molecule has 0 aromatic heterocycles. The lowest BCUT2D eigenvalue weighted by Crippen LogP contribution is -2.09. The van der Waals surface area contributed by atoms with Gasteiger partial charge in [0.25, 0.3) is 0 Å². The summed E-state index contributed by atoms with van der Waals surface area (Å²) in [5.41, 5.74) is 2.90. The summed E-state index contributed by atoms with van der Waals surface area (Å²) in [4.78, 5) is 0. The van der Waals surface area contributed by atoms with Gasteiger partial charge in [0.2, 0.25) is 0 Å². The van der Waals surface area contributed by atoms with Crippen LogP contribution in [0.1, 0.15) is 43.2 Å². The predicted octanol–water partition coefficient (Wildman–Crippen LogP) is 5.03.